The van der Waals surface area contributed by atoms with Crippen molar-refractivity contribution in [3.8, 4) is 0 Å². The normalized spacial score (nSPS) is 12.1. The molecule has 0 radical (unpaired) electrons. The van der Waals surface area contributed by atoms with Crippen LogP contribution in [0, 0.1) is 13.8 Å². The summed E-state index contributed by atoms with van der Waals surface area (Å²) in [6, 6.07) is 13.4. The van der Waals surface area contributed by atoms with Gasteiger partial charge in [-0.05, 0) is 36.2 Å². The minimum Gasteiger partial charge on any atom is -0.387 e. The van der Waals surface area contributed by atoms with E-state index in [1.165, 1.54) is 0 Å². The van der Waals surface area contributed by atoms with E-state index in [9.17, 15) is 9.90 Å². The molecule has 1 atom stereocenters. The predicted octanol–water partition coefficient (Wildman–Crippen LogP) is 2.98. The van der Waals surface area contributed by atoms with Gasteiger partial charge in [-0.1, -0.05) is 41.6 Å². The largest absolute Gasteiger partial charge is 0.387 e. The van der Waals surface area contributed by atoms with Crippen LogP contribution in [0.15, 0.2) is 47.0 Å². The Morgan fingerprint density at radius 2 is 1.92 bits per heavy atom. The molecule has 3 N–H and O–H groups in total. The Labute approximate surface area is 145 Å². The molecular weight excluding hydrogens is 318 g/mol. The van der Waals surface area contributed by atoms with Crippen LogP contribution >= 0.6 is 0 Å². The lowest BCUT2D eigenvalue weighted by molar-refractivity contribution is 0.173. The third-order valence-electron chi connectivity index (χ3n) is 4.22. The first-order valence-corrected chi connectivity index (χ1v) is 8.15. The van der Waals surface area contributed by atoms with E-state index in [0.717, 1.165) is 27.6 Å². The van der Waals surface area contributed by atoms with Gasteiger partial charge in [0.2, 0.25) is 0 Å². The number of rotatable bonds is 5. The average molecular weight is 339 g/mol. The monoisotopic (exact) mass is 339 g/mol. The standard InChI is InChI=1S/C19H21N3O3/c1-12-17(13(2)25-22-12)10-20-19(24)21-11-18(23)16-8-7-14-5-3-4-6-15(14)9-16/h3-9,18,23H,10-11H2,1-2H3,(H2,20,21,24). The summed E-state index contributed by atoms with van der Waals surface area (Å²) >= 11 is 0. The van der Waals surface area contributed by atoms with Gasteiger partial charge in [-0.15, -0.1) is 0 Å². The molecule has 25 heavy (non-hydrogen) atoms. The van der Waals surface area contributed by atoms with Crippen LogP contribution in [0.5, 0.6) is 0 Å². The van der Waals surface area contributed by atoms with Crippen LogP contribution in [0.1, 0.15) is 28.7 Å². The second kappa shape index (κ2) is 7.36. The molecule has 2 aromatic carbocycles. The number of carbonyl (C=O) groups excluding carboxylic acids is 1. The predicted molar refractivity (Wildman–Crippen MR) is 95.1 cm³/mol. The van der Waals surface area contributed by atoms with Gasteiger partial charge in [-0.3, -0.25) is 0 Å². The Bertz CT molecular complexity index is 869. The highest BCUT2D eigenvalue weighted by Crippen LogP contribution is 2.20. The van der Waals surface area contributed by atoms with Crippen LogP contribution in [-0.2, 0) is 6.54 Å². The highest BCUT2D eigenvalue weighted by molar-refractivity contribution is 5.83. The minimum absolute atomic E-state index is 0.131. The third-order valence-corrected chi connectivity index (χ3v) is 4.22. The highest BCUT2D eigenvalue weighted by atomic mass is 16.5. The highest BCUT2D eigenvalue weighted by Gasteiger charge is 2.12. The smallest absolute Gasteiger partial charge is 0.315 e. The molecule has 0 aliphatic carbocycles. The van der Waals surface area contributed by atoms with Crippen LogP contribution < -0.4 is 10.6 Å². The SMILES string of the molecule is Cc1noc(C)c1CNC(=O)NCC(O)c1ccc2ccccc2c1. The molecule has 0 saturated carbocycles. The Morgan fingerprint density at radius 1 is 1.16 bits per heavy atom. The second-order valence-corrected chi connectivity index (χ2v) is 5.99. The van der Waals surface area contributed by atoms with Crippen molar-refractivity contribution in [2.45, 2.75) is 26.5 Å². The number of hydrogen-bond donors (Lipinski definition) is 3. The number of aromatic nitrogens is 1. The van der Waals surface area contributed by atoms with Crippen molar-refractivity contribution >= 4 is 16.8 Å². The molecule has 2 amide bonds. The van der Waals surface area contributed by atoms with Crippen molar-refractivity contribution in [1.29, 1.82) is 0 Å². The quantitative estimate of drug-likeness (QED) is 0.667. The summed E-state index contributed by atoms with van der Waals surface area (Å²) in [6.07, 6.45) is -0.769. The maximum Gasteiger partial charge on any atom is 0.315 e. The fourth-order valence-corrected chi connectivity index (χ4v) is 2.71. The van der Waals surface area contributed by atoms with E-state index in [-0.39, 0.29) is 12.6 Å². The average Bonchev–Trinajstić information content (AvgIpc) is 2.95. The second-order valence-electron chi connectivity index (χ2n) is 5.99. The number of aliphatic hydroxyl groups is 1. The van der Waals surface area contributed by atoms with Gasteiger partial charge in [0, 0.05) is 18.7 Å². The molecule has 3 rings (SSSR count). The first kappa shape index (κ1) is 17.0. The van der Waals surface area contributed by atoms with E-state index in [1.54, 1.807) is 6.92 Å². The van der Waals surface area contributed by atoms with E-state index < -0.39 is 6.10 Å². The van der Waals surface area contributed by atoms with Crippen LogP contribution in [0.2, 0.25) is 0 Å². The van der Waals surface area contributed by atoms with Crippen LogP contribution in [-0.4, -0.2) is 22.8 Å². The molecule has 1 heterocycles. The van der Waals surface area contributed by atoms with E-state index in [1.807, 2.05) is 49.4 Å². The van der Waals surface area contributed by atoms with E-state index in [4.69, 9.17) is 4.52 Å². The van der Waals surface area contributed by atoms with Gasteiger partial charge in [0.05, 0.1) is 11.8 Å². The van der Waals surface area contributed by atoms with Crippen LogP contribution in [0.4, 0.5) is 4.79 Å². The molecule has 3 aromatic rings. The zero-order valence-corrected chi connectivity index (χ0v) is 14.2. The van der Waals surface area contributed by atoms with Crippen molar-refractivity contribution < 1.29 is 14.4 Å². The molecule has 0 fully saturated rings. The molecular formula is C19H21N3O3. The summed E-state index contributed by atoms with van der Waals surface area (Å²) in [5.74, 6) is 0.689. The molecule has 6 nitrogen and oxygen atoms in total. The molecule has 0 bridgehead atoms. The molecule has 1 aromatic heterocycles. The molecule has 0 aliphatic heterocycles. The van der Waals surface area contributed by atoms with Gasteiger partial charge >= 0.3 is 6.03 Å². The number of benzene rings is 2. The zero-order valence-electron chi connectivity index (χ0n) is 14.2. The van der Waals surface area contributed by atoms with Crippen molar-refractivity contribution in [2.75, 3.05) is 6.54 Å². The lowest BCUT2D eigenvalue weighted by Gasteiger charge is -2.13. The van der Waals surface area contributed by atoms with Crippen LogP contribution in [0.25, 0.3) is 10.8 Å². The van der Waals surface area contributed by atoms with Gasteiger partial charge in [0.1, 0.15) is 5.76 Å². The number of nitrogens with one attached hydrogen (secondary N) is 2. The third kappa shape index (κ3) is 3.97. The summed E-state index contributed by atoms with van der Waals surface area (Å²) in [5.41, 5.74) is 2.39. The molecule has 1 unspecified atom stereocenters. The number of carbonyl (C=O) groups is 1. The number of amides is 2. The zero-order chi connectivity index (χ0) is 17.8. The molecule has 130 valence electrons. The number of fused-ring (bicyclic) bond motifs is 1. The van der Waals surface area contributed by atoms with E-state index >= 15 is 0 Å². The maximum absolute atomic E-state index is 11.9. The number of hydrogen-bond acceptors (Lipinski definition) is 4. The van der Waals surface area contributed by atoms with Gasteiger partial charge in [0.15, 0.2) is 0 Å². The first-order chi connectivity index (χ1) is 12.0. The van der Waals surface area contributed by atoms with Gasteiger partial charge in [-0.2, -0.15) is 0 Å². The summed E-state index contributed by atoms with van der Waals surface area (Å²) < 4.78 is 5.06. The molecule has 0 spiro atoms. The first-order valence-electron chi connectivity index (χ1n) is 8.15. The summed E-state index contributed by atoms with van der Waals surface area (Å²) in [4.78, 5) is 11.9. The Morgan fingerprint density at radius 3 is 2.64 bits per heavy atom. The Balaban J connectivity index is 1.54. The number of aliphatic hydroxyl groups excluding tert-OH is 1. The summed E-state index contributed by atoms with van der Waals surface area (Å²) in [7, 11) is 0. The fourth-order valence-electron chi connectivity index (χ4n) is 2.71. The van der Waals surface area contributed by atoms with Crippen LogP contribution in [0.3, 0.4) is 0 Å². The molecule has 0 aliphatic rings. The van der Waals surface area contributed by atoms with Gasteiger partial charge in [-0.25, -0.2) is 4.79 Å². The minimum atomic E-state index is -0.769. The fraction of sp³-hybridized carbons (Fsp3) is 0.263. The summed E-state index contributed by atoms with van der Waals surface area (Å²) in [6.45, 7) is 4.10. The number of nitrogens with zero attached hydrogens (tertiary/aromatic N) is 1. The van der Waals surface area contributed by atoms with Gasteiger partial charge < -0.3 is 20.3 Å². The lowest BCUT2D eigenvalue weighted by Crippen LogP contribution is -2.37. The lowest BCUT2D eigenvalue weighted by atomic mass is 10.0. The van der Waals surface area contributed by atoms with Crippen molar-refractivity contribution in [2.24, 2.45) is 0 Å². The van der Waals surface area contributed by atoms with E-state index in [0.29, 0.717) is 12.3 Å². The number of aryl methyl sites for hydroxylation is 2. The Hall–Kier alpha value is -2.86. The summed E-state index contributed by atoms with van der Waals surface area (Å²) in [5, 5.41) is 21.7. The Kier molecular flexibility index (Phi) is 5.00. The topological polar surface area (TPSA) is 87.4 Å². The molecule has 0 saturated heterocycles. The number of urea groups is 1. The van der Waals surface area contributed by atoms with E-state index in [2.05, 4.69) is 15.8 Å². The molecule has 6 heteroatoms. The van der Waals surface area contributed by atoms with Crippen molar-refractivity contribution in [3.63, 3.8) is 0 Å². The van der Waals surface area contributed by atoms with Gasteiger partial charge in [0.25, 0.3) is 0 Å². The maximum atomic E-state index is 11.9. The van der Waals surface area contributed by atoms with Crippen molar-refractivity contribution in [3.05, 3.63) is 65.0 Å². The van der Waals surface area contributed by atoms with Crippen molar-refractivity contribution in [1.82, 2.24) is 15.8 Å².